The molecule has 0 atom stereocenters. The number of nitrogens with zero attached hydrogens (tertiary/aromatic N) is 1. The van der Waals surface area contributed by atoms with Crippen molar-refractivity contribution in [2.24, 2.45) is 5.92 Å². The van der Waals surface area contributed by atoms with Crippen molar-refractivity contribution in [3.05, 3.63) is 35.8 Å². The molecule has 1 aromatic heterocycles. The molecule has 1 aromatic carbocycles. The summed E-state index contributed by atoms with van der Waals surface area (Å²) in [6.45, 7) is 0.0174. The fraction of sp³-hybridized carbons (Fsp3) is 0.389. The molecule has 5 nitrogen and oxygen atoms in total. The summed E-state index contributed by atoms with van der Waals surface area (Å²) < 4.78 is 0. The second-order valence-corrected chi connectivity index (χ2v) is 6.91. The first-order chi connectivity index (χ1) is 11.7. The molecule has 1 aliphatic carbocycles. The average Bonchev–Trinajstić information content (AvgIpc) is 3.16. The lowest BCUT2D eigenvalue weighted by atomic mass is 9.89. The molecule has 0 saturated heterocycles. The average molecular weight is 343 g/mol. The van der Waals surface area contributed by atoms with E-state index in [1.165, 1.54) is 6.42 Å². The van der Waals surface area contributed by atoms with Crippen molar-refractivity contribution < 1.29 is 9.59 Å². The van der Waals surface area contributed by atoms with Crippen molar-refractivity contribution in [2.45, 2.75) is 32.1 Å². The molecular weight excluding hydrogens is 322 g/mol. The highest BCUT2D eigenvalue weighted by molar-refractivity contribution is 7.13. The summed E-state index contributed by atoms with van der Waals surface area (Å²) in [7, 11) is 0. The Bertz CT molecular complexity index is 677. The lowest BCUT2D eigenvalue weighted by molar-refractivity contribution is -0.128. The van der Waals surface area contributed by atoms with Crippen LogP contribution in [-0.4, -0.2) is 23.3 Å². The Balaban J connectivity index is 1.47. The smallest absolute Gasteiger partial charge is 0.243 e. The zero-order chi connectivity index (χ0) is 16.8. The topological polar surface area (TPSA) is 71.1 Å². The monoisotopic (exact) mass is 343 g/mol. The van der Waals surface area contributed by atoms with Gasteiger partial charge >= 0.3 is 0 Å². The number of benzene rings is 1. The molecular formula is C18H21N3O2S. The van der Waals surface area contributed by atoms with Crippen LogP contribution >= 0.6 is 11.3 Å². The lowest BCUT2D eigenvalue weighted by Crippen LogP contribution is -2.37. The molecule has 0 spiro atoms. The van der Waals surface area contributed by atoms with E-state index in [1.807, 2.05) is 29.6 Å². The Hall–Kier alpha value is -2.21. The van der Waals surface area contributed by atoms with Crippen LogP contribution in [0.3, 0.4) is 0 Å². The van der Waals surface area contributed by atoms with Gasteiger partial charge in [-0.3, -0.25) is 9.59 Å². The molecule has 1 fully saturated rings. The van der Waals surface area contributed by atoms with E-state index in [0.29, 0.717) is 5.69 Å². The molecule has 1 heterocycles. The second-order valence-electron chi connectivity index (χ2n) is 6.02. The Morgan fingerprint density at radius 2 is 1.88 bits per heavy atom. The van der Waals surface area contributed by atoms with Gasteiger partial charge in [-0.2, -0.15) is 0 Å². The van der Waals surface area contributed by atoms with Crippen LogP contribution in [0.15, 0.2) is 35.8 Å². The highest BCUT2D eigenvalue weighted by Crippen LogP contribution is 2.24. The molecule has 24 heavy (non-hydrogen) atoms. The number of hydrogen-bond donors (Lipinski definition) is 2. The standard InChI is InChI=1S/C18H21N3O2S/c22-16(12-20-17(23)13-4-2-1-3-5-13)21-15-8-6-14(7-9-15)18-19-10-11-24-18/h6-11,13H,1-5,12H2,(H,20,23)(H,21,22). The predicted molar refractivity (Wildman–Crippen MR) is 95.8 cm³/mol. The Kier molecular flexibility index (Phi) is 5.59. The van der Waals surface area contributed by atoms with E-state index >= 15 is 0 Å². The van der Waals surface area contributed by atoms with Gasteiger partial charge in [-0.25, -0.2) is 4.98 Å². The minimum Gasteiger partial charge on any atom is -0.347 e. The highest BCUT2D eigenvalue weighted by Gasteiger charge is 2.21. The molecule has 0 bridgehead atoms. The second kappa shape index (κ2) is 8.06. The fourth-order valence-electron chi connectivity index (χ4n) is 2.94. The van der Waals surface area contributed by atoms with Crippen molar-refractivity contribution in [1.29, 1.82) is 0 Å². The summed E-state index contributed by atoms with van der Waals surface area (Å²) in [6, 6.07) is 7.54. The molecule has 1 aliphatic rings. The van der Waals surface area contributed by atoms with Gasteiger partial charge < -0.3 is 10.6 Å². The van der Waals surface area contributed by atoms with Crippen LogP contribution in [-0.2, 0) is 9.59 Å². The zero-order valence-corrected chi connectivity index (χ0v) is 14.3. The van der Waals surface area contributed by atoms with Crippen molar-refractivity contribution in [3.63, 3.8) is 0 Å². The normalized spacial score (nSPS) is 15.0. The van der Waals surface area contributed by atoms with E-state index in [0.717, 1.165) is 36.3 Å². The number of hydrogen-bond acceptors (Lipinski definition) is 4. The van der Waals surface area contributed by atoms with Crippen LogP contribution in [0.25, 0.3) is 10.6 Å². The van der Waals surface area contributed by atoms with Gasteiger partial charge in [-0.15, -0.1) is 11.3 Å². The lowest BCUT2D eigenvalue weighted by Gasteiger charge is -2.20. The van der Waals surface area contributed by atoms with Gasteiger partial charge in [0.1, 0.15) is 5.01 Å². The first-order valence-corrected chi connectivity index (χ1v) is 9.18. The first kappa shape index (κ1) is 16.6. The number of carbonyl (C=O) groups excluding carboxylic acids is 2. The van der Waals surface area contributed by atoms with Crippen molar-refractivity contribution in [3.8, 4) is 10.6 Å². The quantitative estimate of drug-likeness (QED) is 0.873. The number of thiazole rings is 1. The maximum Gasteiger partial charge on any atom is 0.243 e. The van der Waals surface area contributed by atoms with Crippen LogP contribution in [0, 0.1) is 5.92 Å². The van der Waals surface area contributed by atoms with Gasteiger partial charge in [0.15, 0.2) is 0 Å². The molecule has 0 radical (unpaired) electrons. The molecule has 3 rings (SSSR count). The maximum atomic E-state index is 12.0. The van der Waals surface area contributed by atoms with Crippen LogP contribution < -0.4 is 10.6 Å². The van der Waals surface area contributed by atoms with Crippen LogP contribution in [0.2, 0.25) is 0 Å². The Morgan fingerprint density at radius 3 is 2.54 bits per heavy atom. The zero-order valence-electron chi connectivity index (χ0n) is 13.5. The van der Waals surface area contributed by atoms with E-state index in [9.17, 15) is 9.59 Å². The van der Waals surface area contributed by atoms with Crippen LogP contribution in [0.5, 0.6) is 0 Å². The van der Waals surface area contributed by atoms with E-state index in [-0.39, 0.29) is 24.3 Å². The van der Waals surface area contributed by atoms with E-state index in [4.69, 9.17) is 0 Å². The van der Waals surface area contributed by atoms with Gasteiger partial charge in [-0.1, -0.05) is 19.3 Å². The number of aromatic nitrogens is 1. The van der Waals surface area contributed by atoms with Gasteiger partial charge in [0.25, 0.3) is 0 Å². The molecule has 2 amide bonds. The predicted octanol–water partition coefficient (Wildman–Crippen LogP) is 3.45. The van der Waals surface area contributed by atoms with E-state index in [1.54, 1.807) is 17.5 Å². The maximum absolute atomic E-state index is 12.0. The van der Waals surface area contributed by atoms with Gasteiger partial charge in [0.05, 0.1) is 6.54 Å². The first-order valence-electron chi connectivity index (χ1n) is 8.30. The third kappa shape index (κ3) is 4.41. The van der Waals surface area contributed by atoms with Crippen LogP contribution in [0.1, 0.15) is 32.1 Å². The number of carbonyl (C=O) groups is 2. The summed E-state index contributed by atoms with van der Waals surface area (Å²) in [5.41, 5.74) is 1.74. The van der Waals surface area contributed by atoms with Crippen LogP contribution in [0.4, 0.5) is 5.69 Å². The highest BCUT2D eigenvalue weighted by atomic mass is 32.1. The summed E-state index contributed by atoms with van der Waals surface area (Å²) in [4.78, 5) is 28.3. The van der Waals surface area contributed by atoms with E-state index in [2.05, 4.69) is 15.6 Å². The third-order valence-electron chi connectivity index (χ3n) is 4.25. The van der Waals surface area contributed by atoms with E-state index < -0.39 is 0 Å². The minimum atomic E-state index is -0.207. The summed E-state index contributed by atoms with van der Waals surface area (Å²) >= 11 is 1.57. The van der Waals surface area contributed by atoms with Gasteiger partial charge in [-0.05, 0) is 37.1 Å². The molecule has 0 unspecified atom stereocenters. The largest absolute Gasteiger partial charge is 0.347 e. The molecule has 6 heteroatoms. The number of nitrogens with one attached hydrogen (secondary N) is 2. The summed E-state index contributed by atoms with van der Waals surface area (Å²) in [6.07, 6.45) is 7.06. The molecule has 2 N–H and O–H groups in total. The molecule has 1 saturated carbocycles. The number of anilines is 1. The molecule has 0 aliphatic heterocycles. The van der Waals surface area contributed by atoms with Crippen molar-refractivity contribution in [1.82, 2.24) is 10.3 Å². The van der Waals surface area contributed by atoms with Gasteiger partial charge in [0.2, 0.25) is 11.8 Å². The summed E-state index contributed by atoms with van der Waals surface area (Å²) in [5.74, 6) is -0.130. The molecule has 2 aromatic rings. The van der Waals surface area contributed by atoms with Crippen molar-refractivity contribution in [2.75, 3.05) is 11.9 Å². The fourth-order valence-corrected chi connectivity index (χ4v) is 3.59. The Labute approximate surface area is 145 Å². The summed E-state index contributed by atoms with van der Waals surface area (Å²) in [5, 5.41) is 8.43. The Morgan fingerprint density at radius 1 is 1.12 bits per heavy atom. The van der Waals surface area contributed by atoms with Gasteiger partial charge in [0, 0.05) is 28.7 Å². The minimum absolute atomic E-state index is 0.00367. The SMILES string of the molecule is O=C(CNC(=O)C1CCCCC1)Nc1ccc(-c2nccs2)cc1. The number of amides is 2. The number of rotatable bonds is 5. The molecule has 126 valence electrons. The van der Waals surface area contributed by atoms with Crippen molar-refractivity contribution >= 4 is 28.8 Å². The third-order valence-corrected chi connectivity index (χ3v) is 5.07.